The standard InChI is InChI=1S/C29H22Cl2N4O4S/c1-40(37,38)17-18-4-2-6-22(12-18)34-29-32-11-10-27(35-29)39-24-8-9-25-19(13-24)5-3-7-26(25)28(36)33-23-15-20(30)14-21(31)16-23/h2-16H,17H2,1H3,(H,33,36)(H,32,34,35). The molecule has 0 aliphatic rings. The molecule has 0 spiro atoms. The number of fused-ring (bicyclic) bond motifs is 1. The molecule has 0 radical (unpaired) electrons. The number of carbonyl (C=O) groups is 1. The molecule has 0 aliphatic carbocycles. The molecule has 0 atom stereocenters. The van der Waals surface area contributed by atoms with Crippen molar-refractivity contribution in [1.29, 1.82) is 0 Å². The number of benzene rings is 4. The van der Waals surface area contributed by atoms with Gasteiger partial charge in [0.15, 0.2) is 9.84 Å². The highest BCUT2D eigenvalue weighted by Gasteiger charge is 2.13. The number of anilines is 3. The lowest BCUT2D eigenvalue weighted by molar-refractivity contribution is 0.102. The first-order valence-corrected chi connectivity index (χ1v) is 14.8. The Kier molecular flexibility index (Phi) is 7.88. The zero-order valence-electron chi connectivity index (χ0n) is 21.1. The summed E-state index contributed by atoms with van der Waals surface area (Å²) in [6, 6.07) is 24.3. The van der Waals surface area contributed by atoms with E-state index in [0.717, 1.165) is 10.8 Å². The largest absolute Gasteiger partial charge is 0.439 e. The lowest BCUT2D eigenvalue weighted by atomic mass is 10.0. The highest BCUT2D eigenvalue weighted by atomic mass is 35.5. The van der Waals surface area contributed by atoms with Crippen molar-refractivity contribution in [2.24, 2.45) is 0 Å². The molecule has 4 aromatic carbocycles. The van der Waals surface area contributed by atoms with Gasteiger partial charge in [0.25, 0.3) is 5.91 Å². The number of nitrogens with one attached hydrogen (secondary N) is 2. The topological polar surface area (TPSA) is 110 Å². The molecule has 5 rings (SSSR count). The minimum Gasteiger partial charge on any atom is -0.439 e. The van der Waals surface area contributed by atoms with Crippen LogP contribution in [0.15, 0.2) is 91.1 Å². The summed E-state index contributed by atoms with van der Waals surface area (Å²) in [4.78, 5) is 21.7. The smallest absolute Gasteiger partial charge is 0.256 e. The fourth-order valence-corrected chi connectivity index (χ4v) is 5.41. The molecule has 0 aliphatic heterocycles. The number of hydrogen-bond donors (Lipinski definition) is 2. The number of nitrogens with zero attached hydrogens (tertiary/aromatic N) is 2. The van der Waals surface area contributed by atoms with Gasteiger partial charge in [0.2, 0.25) is 11.8 Å². The second-order valence-electron chi connectivity index (χ2n) is 9.02. The summed E-state index contributed by atoms with van der Waals surface area (Å²) in [5.74, 6) is 0.745. The Hall–Kier alpha value is -4.18. The van der Waals surface area contributed by atoms with Gasteiger partial charge in [-0.1, -0.05) is 47.5 Å². The second kappa shape index (κ2) is 11.5. The normalized spacial score (nSPS) is 11.3. The molecule has 202 valence electrons. The molecule has 40 heavy (non-hydrogen) atoms. The van der Waals surface area contributed by atoms with Crippen molar-refractivity contribution in [2.75, 3.05) is 16.9 Å². The maximum atomic E-state index is 13.0. The predicted molar refractivity (Wildman–Crippen MR) is 159 cm³/mol. The maximum Gasteiger partial charge on any atom is 0.256 e. The molecule has 0 bridgehead atoms. The fourth-order valence-electron chi connectivity index (χ4n) is 4.10. The summed E-state index contributed by atoms with van der Waals surface area (Å²) in [5.41, 5.74) is 2.27. The van der Waals surface area contributed by atoms with Gasteiger partial charge in [-0.25, -0.2) is 13.4 Å². The van der Waals surface area contributed by atoms with E-state index in [9.17, 15) is 13.2 Å². The first-order valence-electron chi connectivity index (χ1n) is 12.0. The molecule has 1 amide bonds. The van der Waals surface area contributed by atoms with Gasteiger partial charge in [0.1, 0.15) is 5.75 Å². The molecular weight excluding hydrogens is 571 g/mol. The van der Waals surface area contributed by atoms with Gasteiger partial charge in [-0.2, -0.15) is 4.98 Å². The monoisotopic (exact) mass is 592 g/mol. The minimum atomic E-state index is -3.16. The van der Waals surface area contributed by atoms with E-state index >= 15 is 0 Å². The van der Waals surface area contributed by atoms with E-state index in [-0.39, 0.29) is 17.6 Å². The second-order valence-corrected chi connectivity index (χ2v) is 12.0. The third kappa shape index (κ3) is 7.06. The number of rotatable bonds is 8. The van der Waals surface area contributed by atoms with Crippen molar-refractivity contribution in [3.05, 3.63) is 112 Å². The van der Waals surface area contributed by atoms with Crippen LogP contribution in [0, 0.1) is 0 Å². The van der Waals surface area contributed by atoms with Crippen LogP contribution in [-0.2, 0) is 15.6 Å². The van der Waals surface area contributed by atoms with Crippen LogP contribution in [0.5, 0.6) is 11.6 Å². The van der Waals surface area contributed by atoms with E-state index in [4.69, 9.17) is 27.9 Å². The first kappa shape index (κ1) is 27.4. The van der Waals surface area contributed by atoms with Crippen molar-refractivity contribution >= 4 is 67.0 Å². The lowest BCUT2D eigenvalue weighted by Gasteiger charge is -2.11. The van der Waals surface area contributed by atoms with Crippen LogP contribution in [0.2, 0.25) is 10.0 Å². The van der Waals surface area contributed by atoms with Gasteiger partial charge in [-0.05, 0) is 70.9 Å². The predicted octanol–water partition coefficient (Wildman–Crippen LogP) is 7.27. The molecule has 0 unspecified atom stereocenters. The highest BCUT2D eigenvalue weighted by molar-refractivity contribution is 7.89. The lowest BCUT2D eigenvalue weighted by Crippen LogP contribution is -2.12. The number of amides is 1. The maximum absolute atomic E-state index is 13.0. The molecule has 11 heteroatoms. The molecule has 2 N–H and O–H groups in total. The number of halogens is 2. The van der Waals surface area contributed by atoms with E-state index in [1.54, 1.807) is 79.0 Å². The van der Waals surface area contributed by atoms with Crippen molar-refractivity contribution in [3.8, 4) is 11.6 Å². The molecule has 5 aromatic rings. The Labute approximate surface area is 240 Å². The number of ether oxygens (including phenoxy) is 1. The SMILES string of the molecule is CS(=O)(=O)Cc1cccc(Nc2nccc(Oc3ccc4c(C(=O)Nc5cc(Cl)cc(Cl)c5)cccc4c3)n2)c1. The van der Waals surface area contributed by atoms with Gasteiger partial charge in [-0.3, -0.25) is 4.79 Å². The van der Waals surface area contributed by atoms with Gasteiger partial charge in [0.05, 0.1) is 5.75 Å². The first-order chi connectivity index (χ1) is 19.1. The minimum absolute atomic E-state index is 0.0627. The Morgan fingerprint density at radius 2 is 1.68 bits per heavy atom. The Balaban J connectivity index is 1.33. The third-order valence-electron chi connectivity index (χ3n) is 5.68. The summed E-state index contributed by atoms with van der Waals surface area (Å²) >= 11 is 12.1. The van der Waals surface area contributed by atoms with Crippen LogP contribution in [-0.4, -0.2) is 30.5 Å². The molecule has 8 nitrogen and oxygen atoms in total. The molecular formula is C29H22Cl2N4O4S. The van der Waals surface area contributed by atoms with Crippen LogP contribution in [0.25, 0.3) is 10.8 Å². The Bertz CT molecular complexity index is 1830. The van der Waals surface area contributed by atoms with Crippen molar-refractivity contribution < 1.29 is 17.9 Å². The van der Waals surface area contributed by atoms with Crippen LogP contribution < -0.4 is 15.4 Å². The van der Waals surface area contributed by atoms with E-state index in [0.29, 0.717) is 44.2 Å². The van der Waals surface area contributed by atoms with Gasteiger partial charge in [0, 0.05) is 45.5 Å². The van der Waals surface area contributed by atoms with Crippen LogP contribution in [0.4, 0.5) is 17.3 Å². The van der Waals surface area contributed by atoms with Crippen molar-refractivity contribution in [1.82, 2.24) is 9.97 Å². The van der Waals surface area contributed by atoms with E-state index in [1.807, 2.05) is 12.1 Å². The number of carbonyl (C=O) groups excluding carboxylic acids is 1. The van der Waals surface area contributed by atoms with Gasteiger partial charge >= 0.3 is 0 Å². The van der Waals surface area contributed by atoms with Crippen LogP contribution in [0.1, 0.15) is 15.9 Å². The third-order valence-corrected chi connectivity index (χ3v) is 6.98. The summed E-state index contributed by atoms with van der Waals surface area (Å²) in [7, 11) is -3.16. The summed E-state index contributed by atoms with van der Waals surface area (Å²) in [6.45, 7) is 0. The quantitative estimate of drug-likeness (QED) is 0.195. The molecule has 0 saturated heterocycles. The zero-order valence-corrected chi connectivity index (χ0v) is 23.4. The average Bonchev–Trinajstić information content (AvgIpc) is 2.87. The number of hydrogen-bond acceptors (Lipinski definition) is 7. The highest BCUT2D eigenvalue weighted by Crippen LogP contribution is 2.29. The van der Waals surface area contributed by atoms with Crippen LogP contribution in [0.3, 0.4) is 0 Å². The summed E-state index contributed by atoms with van der Waals surface area (Å²) in [6.07, 6.45) is 2.74. The van der Waals surface area contributed by atoms with E-state index < -0.39 is 9.84 Å². The van der Waals surface area contributed by atoms with Gasteiger partial charge < -0.3 is 15.4 Å². The summed E-state index contributed by atoms with van der Waals surface area (Å²) in [5, 5.41) is 8.28. The fraction of sp³-hybridized carbons (Fsp3) is 0.0690. The summed E-state index contributed by atoms with van der Waals surface area (Å²) < 4.78 is 29.2. The van der Waals surface area contributed by atoms with E-state index in [1.165, 1.54) is 6.26 Å². The Morgan fingerprint density at radius 1 is 0.900 bits per heavy atom. The zero-order chi connectivity index (χ0) is 28.3. The molecule has 0 saturated carbocycles. The Morgan fingerprint density at radius 3 is 2.45 bits per heavy atom. The average molecular weight is 593 g/mol. The van der Waals surface area contributed by atoms with Crippen molar-refractivity contribution in [2.45, 2.75) is 5.75 Å². The van der Waals surface area contributed by atoms with Gasteiger partial charge in [-0.15, -0.1) is 0 Å². The van der Waals surface area contributed by atoms with Crippen LogP contribution >= 0.6 is 23.2 Å². The number of sulfone groups is 1. The van der Waals surface area contributed by atoms with E-state index in [2.05, 4.69) is 20.6 Å². The van der Waals surface area contributed by atoms with Crippen molar-refractivity contribution in [3.63, 3.8) is 0 Å². The molecule has 0 fully saturated rings. The molecule has 1 heterocycles. The molecule has 1 aromatic heterocycles. The number of aromatic nitrogens is 2.